The average molecular weight is 409 g/mol. The minimum atomic E-state index is -3.88. The van der Waals surface area contributed by atoms with Crippen molar-refractivity contribution in [3.8, 4) is 0 Å². The molecule has 0 amide bonds. The zero-order valence-electron chi connectivity index (χ0n) is 10.3. The van der Waals surface area contributed by atoms with Crippen LogP contribution in [0.2, 0.25) is 5.02 Å². The number of nitrogens with one attached hydrogen (secondary N) is 1. The molecule has 0 fully saturated rings. The van der Waals surface area contributed by atoms with E-state index in [1.807, 2.05) is 0 Å². The maximum atomic E-state index is 12.4. The molecule has 1 N–H and O–H groups in total. The second kappa shape index (κ2) is 6.36. The number of sulfonamides is 1. The minimum Gasteiger partial charge on any atom is -0.279 e. The first-order valence-corrected chi connectivity index (χ1v) is 8.61. The number of anilines is 1. The van der Waals surface area contributed by atoms with Crippen LogP contribution in [0.3, 0.4) is 0 Å². The van der Waals surface area contributed by atoms with E-state index < -0.39 is 15.3 Å². The van der Waals surface area contributed by atoms with E-state index in [0.29, 0.717) is 9.50 Å². The van der Waals surface area contributed by atoms with Crippen LogP contribution in [-0.4, -0.2) is 13.7 Å². The van der Waals surface area contributed by atoms with Crippen molar-refractivity contribution in [1.29, 1.82) is 0 Å². The zero-order chi connectivity index (χ0) is 15.6. The molecule has 0 aromatic heterocycles. The molecule has 0 radical (unpaired) electrons. The fourth-order valence-corrected chi connectivity index (χ4v) is 4.26. The van der Waals surface area contributed by atoms with Crippen LogP contribution < -0.4 is 4.72 Å². The summed E-state index contributed by atoms with van der Waals surface area (Å²) in [6.45, 7) is 0. The van der Waals surface area contributed by atoms with Crippen molar-refractivity contribution in [3.63, 3.8) is 0 Å². The molecular weight excluding hydrogens is 401 g/mol. The SMILES string of the molecule is O=C(Cl)c1ccccc1NS(=O)(=O)c1ccc(Cl)cc1Br. The molecule has 4 nitrogen and oxygen atoms in total. The molecule has 0 heterocycles. The summed E-state index contributed by atoms with van der Waals surface area (Å²) < 4.78 is 27.4. The highest BCUT2D eigenvalue weighted by Gasteiger charge is 2.20. The molecule has 0 aliphatic rings. The van der Waals surface area contributed by atoms with Crippen LogP contribution in [0.15, 0.2) is 51.8 Å². The number of para-hydroxylation sites is 1. The monoisotopic (exact) mass is 407 g/mol. The average Bonchev–Trinajstić information content (AvgIpc) is 2.37. The molecule has 21 heavy (non-hydrogen) atoms. The summed E-state index contributed by atoms with van der Waals surface area (Å²) in [5, 5.41) is -0.347. The molecule has 0 aliphatic carbocycles. The number of carbonyl (C=O) groups excluding carboxylic acids is 1. The Labute approximate surface area is 140 Å². The highest BCUT2D eigenvalue weighted by Crippen LogP contribution is 2.28. The second-order valence-corrected chi connectivity index (χ2v) is 7.28. The molecule has 2 aromatic rings. The van der Waals surface area contributed by atoms with E-state index in [4.69, 9.17) is 23.2 Å². The lowest BCUT2D eigenvalue weighted by molar-refractivity contribution is 0.108. The summed E-state index contributed by atoms with van der Waals surface area (Å²) in [5.74, 6) is 0. The van der Waals surface area contributed by atoms with Gasteiger partial charge in [0.1, 0.15) is 4.90 Å². The predicted octanol–water partition coefficient (Wildman–Crippen LogP) is 4.28. The number of hydrogen-bond donors (Lipinski definition) is 1. The molecule has 0 saturated heterocycles. The van der Waals surface area contributed by atoms with Gasteiger partial charge in [0.15, 0.2) is 0 Å². The number of hydrogen-bond acceptors (Lipinski definition) is 3. The van der Waals surface area contributed by atoms with Gasteiger partial charge < -0.3 is 0 Å². The van der Waals surface area contributed by atoms with Gasteiger partial charge in [-0.1, -0.05) is 23.7 Å². The summed E-state index contributed by atoms with van der Waals surface area (Å²) in [6, 6.07) is 10.4. The number of halogens is 3. The third kappa shape index (κ3) is 3.77. The summed E-state index contributed by atoms with van der Waals surface area (Å²) in [7, 11) is -3.88. The lowest BCUT2D eigenvalue weighted by atomic mass is 10.2. The smallest absolute Gasteiger partial charge is 0.263 e. The normalized spacial score (nSPS) is 11.2. The van der Waals surface area contributed by atoms with Crippen molar-refractivity contribution in [2.75, 3.05) is 4.72 Å². The van der Waals surface area contributed by atoms with Gasteiger partial charge in [-0.05, 0) is 57.9 Å². The third-order valence-corrected chi connectivity index (χ3v) is 5.35. The van der Waals surface area contributed by atoms with Crippen LogP contribution in [0.1, 0.15) is 10.4 Å². The van der Waals surface area contributed by atoms with Gasteiger partial charge in [-0.2, -0.15) is 0 Å². The van der Waals surface area contributed by atoms with Crippen molar-refractivity contribution < 1.29 is 13.2 Å². The van der Waals surface area contributed by atoms with E-state index in [1.165, 1.54) is 30.3 Å². The molecular formula is C13H8BrCl2NO3S. The first-order valence-electron chi connectivity index (χ1n) is 5.58. The molecule has 0 aliphatic heterocycles. The molecule has 2 aromatic carbocycles. The lowest BCUT2D eigenvalue weighted by Gasteiger charge is -2.11. The zero-order valence-corrected chi connectivity index (χ0v) is 14.2. The Kier molecular flexibility index (Phi) is 4.93. The highest BCUT2D eigenvalue weighted by atomic mass is 79.9. The van der Waals surface area contributed by atoms with E-state index in [0.717, 1.165) is 0 Å². The summed E-state index contributed by atoms with van der Waals surface area (Å²) >= 11 is 14.4. The summed E-state index contributed by atoms with van der Waals surface area (Å²) in [4.78, 5) is 11.3. The quantitative estimate of drug-likeness (QED) is 0.767. The van der Waals surface area contributed by atoms with Gasteiger partial charge in [0.2, 0.25) is 0 Å². The molecule has 0 bridgehead atoms. The van der Waals surface area contributed by atoms with E-state index in [-0.39, 0.29) is 16.1 Å². The number of rotatable bonds is 4. The van der Waals surface area contributed by atoms with Crippen molar-refractivity contribution in [3.05, 3.63) is 57.5 Å². The van der Waals surface area contributed by atoms with Crippen molar-refractivity contribution >= 4 is 60.1 Å². The van der Waals surface area contributed by atoms with Crippen LogP contribution in [0.4, 0.5) is 5.69 Å². The van der Waals surface area contributed by atoms with Gasteiger partial charge in [0.05, 0.1) is 11.3 Å². The first kappa shape index (κ1) is 16.3. The predicted molar refractivity (Wildman–Crippen MR) is 86.6 cm³/mol. The summed E-state index contributed by atoms with van der Waals surface area (Å²) in [6.07, 6.45) is 0. The van der Waals surface area contributed by atoms with Gasteiger partial charge in [0, 0.05) is 9.50 Å². The first-order chi connectivity index (χ1) is 9.81. The van der Waals surface area contributed by atoms with Gasteiger partial charge in [-0.15, -0.1) is 0 Å². The Morgan fingerprint density at radius 1 is 1.14 bits per heavy atom. The van der Waals surface area contributed by atoms with Crippen molar-refractivity contribution in [2.45, 2.75) is 4.90 Å². The molecule has 8 heteroatoms. The maximum Gasteiger partial charge on any atom is 0.263 e. The largest absolute Gasteiger partial charge is 0.279 e. The van der Waals surface area contributed by atoms with E-state index >= 15 is 0 Å². The maximum absolute atomic E-state index is 12.4. The minimum absolute atomic E-state index is 0.00345. The molecule has 0 spiro atoms. The number of carbonyl (C=O) groups is 1. The van der Waals surface area contributed by atoms with E-state index in [2.05, 4.69) is 20.7 Å². The van der Waals surface area contributed by atoms with Gasteiger partial charge in [-0.3, -0.25) is 9.52 Å². The third-order valence-electron chi connectivity index (χ3n) is 2.57. The van der Waals surface area contributed by atoms with Crippen LogP contribution in [-0.2, 0) is 10.0 Å². The van der Waals surface area contributed by atoms with Gasteiger partial charge in [-0.25, -0.2) is 8.42 Å². The van der Waals surface area contributed by atoms with Crippen LogP contribution in [0.25, 0.3) is 0 Å². The molecule has 110 valence electrons. The fraction of sp³-hybridized carbons (Fsp3) is 0. The Balaban J connectivity index is 2.45. The Morgan fingerprint density at radius 2 is 1.81 bits per heavy atom. The van der Waals surface area contributed by atoms with Gasteiger partial charge in [0.25, 0.3) is 15.3 Å². The molecule has 0 atom stereocenters. The molecule has 0 unspecified atom stereocenters. The molecule has 2 rings (SSSR count). The Bertz CT molecular complexity index is 809. The van der Waals surface area contributed by atoms with Crippen LogP contribution in [0.5, 0.6) is 0 Å². The van der Waals surface area contributed by atoms with Crippen molar-refractivity contribution in [1.82, 2.24) is 0 Å². The lowest BCUT2D eigenvalue weighted by Crippen LogP contribution is -2.15. The van der Waals surface area contributed by atoms with Gasteiger partial charge >= 0.3 is 0 Å². The standard InChI is InChI=1S/C13H8BrCl2NO3S/c14-10-7-8(15)5-6-12(10)21(19,20)17-11-4-2-1-3-9(11)13(16)18/h1-7,17H. The Hall–Kier alpha value is -1.08. The number of benzene rings is 2. The van der Waals surface area contributed by atoms with Crippen LogP contribution >= 0.6 is 39.1 Å². The van der Waals surface area contributed by atoms with Crippen LogP contribution in [0, 0.1) is 0 Å². The topological polar surface area (TPSA) is 63.2 Å². The highest BCUT2D eigenvalue weighted by molar-refractivity contribution is 9.10. The Morgan fingerprint density at radius 3 is 2.43 bits per heavy atom. The van der Waals surface area contributed by atoms with Crippen molar-refractivity contribution in [2.24, 2.45) is 0 Å². The second-order valence-electron chi connectivity index (χ2n) is 4.00. The van der Waals surface area contributed by atoms with E-state index in [9.17, 15) is 13.2 Å². The fourth-order valence-electron chi connectivity index (χ4n) is 1.64. The van der Waals surface area contributed by atoms with E-state index in [1.54, 1.807) is 12.1 Å². The summed E-state index contributed by atoms with van der Waals surface area (Å²) in [5.41, 5.74) is 0.187. The molecule has 0 saturated carbocycles.